The van der Waals surface area contributed by atoms with Gasteiger partial charge in [-0.25, -0.2) is 4.98 Å². The molecule has 7 nitrogen and oxygen atoms in total. The summed E-state index contributed by atoms with van der Waals surface area (Å²) in [6, 6.07) is 7.86. The Balaban J connectivity index is 1.41. The van der Waals surface area contributed by atoms with E-state index in [-0.39, 0.29) is 11.9 Å². The molecule has 1 fully saturated rings. The van der Waals surface area contributed by atoms with E-state index in [1.165, 1.54) is 11.3 Å². The summed E-state index contributed by atoms with van der Waals surface area (Å²) in [6.45, 7) is 1.64. The fraction of sp³-hybridized carbons (Fsp3) is 0.350. The zero-order valence-electron chi connectivity index (χ0n) is 16.0. The highest BCUT2D eigenvalue weighted by molar-refractivity contribution is 7.14. The molecule has 0 bridgehead atoms. The highest BCUT2D eigenvalue weighted by atomic mass is 32.1. The van der Waals surface area contributed by atoms with Gasteiger partial charge in [-0.15, -0.1) is 11.3 Å². The van der Waals surface area contributed by atoms with Crippen molar-refractivity contribution in [1.82, 2.24) is 19.7 Å². The monoisotopic (exact) mass is 397 g/mol. The molecule has 0 saturated carbocycles. The Hall–Kier alpha value is -2.71. The molecular formula is C20H23N5O2S. The maximum Gasteiger partial charge on any atom is 0.243 e. The summed E-state index contributed by atoms with van der Waals surface area (Å²) in [4.78, 5) is 19.6. The van der Waals surface area contributed by atoms with Crippen molar-refractivity contribution >= 4 is 22.4 Å². The Kier molecular flexibility index (Phi) is 5.40. The molecule has 0 unspecified atom stereocenters. The fourth-order valence-corrected chi connectivity index (χ4v) is 4.25. The van der Waals surface area contributed by atoms with Gasteiger partial charge < -0.3 is 10.1 Å². The van der Waals surface area contributed by atoms with E-state index in [9.17, 15) is 4.79 Å². The van der Waals surface area contributed by atoms with Crippen LogP contribution in [0, 0.1) is 0 Å². The summed E-state index contributed by atoms with van der Waals surface area (Å²) in [6.07, 6.45) is 5.55. The Morgan fingerprint density at radius 2 is 2.32 bits per heavy atom. The van der Waals surface area contributed by atoms with Gasteiger partial charge in [-0.2, -0.15) is 5.10 Å². The molecule has 146 valence electrons. The molecule has 0 spiro atoms. The number of hydrogen-bond donors (Lipinski definition) is 1. The van der Waals surface area contributed by atoms with Crippen molar-refractivity contribution < 1.29 is 9.53 Å². The van der Waals surface area contributed by atoms with Crippen molar-refractivity contribution in [3.63, 3.8) is 0 Å². The summed E-state index contributed by atoms with van der Waals surface area (Å²) in [5.74, 6) is 0.843. The van der Waals surface area contributed by atoms with E-state index in [2.05, 4.69) is 26.4 Å². The number of carbonyl (C=O) groups is 1. The Morgan fingerprint density at radius 3 is 3.11 bits per heavy atom. The number of carbonyl (C=O) groups excluding carboxylic acids is 1. The highest BCUT2D eigenvalue weighted by Crippen LogP contribution is 2.27. The largest absolute Gasteiger partial charge is 0.497 e. The first-order chi connectivity index (χ1) is 13.6. The number of nitrogens with one attached hydrogen (secondary N) is 1. The van der Waals surface area contributed by atoms with Crippen LogP contribution in [-0.2, 0) is 18.4 Å². The van der Waals surface area contributed by atoms with Crippen LogP contribution in [0.25, 0.3) is 11.3 Å². The van der Waals surface area contributed by atoms with E-state index >= 15 is 0 Å². The smallest absolute Gasteiger partial charge is 0.243 e. The third-order valence-electron chi connectivity index (χ3n) is 4.92. The molecule has 1 atom stereocenters. The SMILES string of the molecule is COc1cccc(CN2CCC[C@@H]2C(=O)Nc2nc(-c3cnn(C)c3)cs2)c1. The maximum absolute atomic E-state index is 12.9. The minimum absolute atomic E-state index is 0.00693. The molecule has 0 radical (unpaired) electrons. The van der Waals surface area contributed by atoms with Crippen molar-refractivity contribution in [3.05, 3.63) is 47.6 Å². The number of amides is 1. The molecule has 1 aromatic carbocycles. The van der Waals surface area contributed by atoms with E-state index in [1.54, 1.807) is 18.0 Å². The first kappa shape index (κ1) is 18.6. The molecule has 28 heavy (non-hydrogen) atoms. The van der Waals surface area contributed by atoms with Crippen molar-refractivity contribution in [3.8, 4) is 17.0 Å². The number of ether oxygens (including phenoxy) is 1. The lowest BCUT2D eigenvalue weighted by atomic mass is 10.1. The third kappa shape index (κ3) is 4.07. The summed E-state index contributed by atoms with van der Waals surface area (Å²) in [5, 5.41) is 9.72. The first-order valence-electron chi connectivity index (χ1n) is 9.25. The minimum atomic E-state index is -0.142. The Labute approximate surface area is 168 Å². The number of benzene rings is 1. The second-order valence-corrected chi connectivity index (χ2v) is 7.77. The van der Waals surface area contributed by atoms with E-state index in [4.69, 9.17) is 4.74 Å². The minimum Gasteiger partial charge on any atom is -0.497 e. The highest BCUT2D eigenvalue weighted by Gasteiger charge is 2.31. The molecule has 1 saturated heterocycles. The van der Waals surface area contributed by atoms with E-state index < -0.39 is 0 Å². The van der Waals surface area contributed by atoms with Crippen LogP contribution in [0.2, 0.25) is 0 Å². The fourth-order valence-electron chi connectivity index (χ4n) is 3.52. The van der Waals surface area contributed by atoms with Crippen molar-refractivity contribution in [2.75, 3.05) is 19.0 Å². The normalized spacial score (nSPS) is 17.0. The first-order valence-corrected chi connectivity index (χ1v) is 10.1. The van der Waals surface area contributed by atoms with E-state index in [0.29, 0.717) is 5.13 Å². The lowest BCUT2D eigenvalue weighted by Gasteiger charge is -2.23. The summed E-state index contributed by atoms with van der Waals surface area (Å²) < 4.78 is 7.04. The van der Waals surface area contributed by atoms with Crippen molar-refractivity contribution in [2.45, 2.75) is 25.4 Å². The van der Waals surface area contributed by atoms with Crippen LogP contribution in [0.1, 0.15) is 18.4 Å². The quantitative estimate of drug-likeness (QED) is 0.692. The second-order valence-electron chi connectivity index (χ2n) is 6.91. The van der Waals surface area contributed by atoms with Crippen LogP contribution in [0.4, 0.5) is 5.13 Å². The lowest BCUT2D eigenvalue weighted by Crippen LogP contribution is -2.39. The van der Waals surface area contributed by atoms with Gasteiger partial charge in [0.05, 0.1) is 25.0 Å². The topological polar surface area (TPSA) is 72.3 Å². The number of hydrogen-bond acceptors (Lipinski definition) is 6. The zero-order valence-corrected chi connectivity index (χ0v) is 16.8. The molecule has 0 aliphatic carbocycles. The van der Waals surface area contributed by atoms with Crippen LogP contribution in [-0.4, -0.2) is 45.3 Å². The molecule has 1 N–H and O–H groups in total. The summed E-state index contributed by atoms with van der Waals surface area (Å²) in [7, 11) is 3.54. The van der Waals surface area contributed by atoms with Gasteiger partial charge in [0.15, 0.2) is 5.13 Å². The van der Waals surface area contributed by atoms with E-state index in [1.807, 2.05) is 36.8 Å². The number of methoxy groups -OCH3 is 1. The Bertz CT molecular complexity index is 967. The van der Waals surface area contributed by atoms with Gasteiger partial charge in [0, 0.05) is 30.7 Å². The molecule has 8 heteroatoms. The van der Waals surface area contributed by atoms with Crippen LogP contribution >= 0.6 is 11.3 Å². The molecule has 1 amide bonds. The molecule has 1 aliphatic heterocycles. The maximum atomic E-state index is 12.9. The molecule has 2 aromatic heterocycles. The Morgan fingerprint density at radius 1 is 1.43 bits per heavy atom. The molecule has 3 aromatic rings. The predicted octanol–water partition coefficient (Wildman–Crippen LogP) is 3.16. The number of rotatable bonds is 6. The van der Waals surface area contributed by atoms with Gasteiger partial charge in [-0.05, 0) is 37.1 Å². The third-order valence-corrected chi connectivity index (χ3v) is 5.68. The number of thiazole rings is 1. The second kappa shape index (κ2) is 8.12. The van der Waals surface area contributed by atoms with Gasteiger partial charge in [0.1, 0.15) is 5.75 Å². The van der Waals surface area contributed by atoms with Crippen molar-refractivity contribution in [1.29, 1.82) is 0 Å². The van der Waals surface area contributed by atoms with Crippen LogP contribution < -0.4 is 10.1 Å². The lowest BCUT2D eigenvalue weighted by molar-refractivity contribution is -0.120. The van der Waals surface area contributed by atoms with Crippen LogP contribution in [0.15, 0.2) is 42.0 Å². The van der Waals surface area contributed by atoms with Crippen LogP contribution in [0.5, 0.6) is 5.75 Å². The molecule has 1 aliphatic rings. The number of aromatic nitrogens is 3. The molecule has 4 rings (SSSR count). The predicted molar refractivity (Wildman–Crippen MR) is 109 cm³/mol. The number of anilines is 1. The van der Waals surface area contributed by atoms with Crippen LogP contribution in [0.3, 0.4) is 0 Å². The summed E-state index contributed by atoms with van der Waals surface area (Å²) in [5.41, 5.74) is 2.92. The van der Waals surface area contributed by atoms with Gasteiger partial charge in [0.25, 0.3) is 0 Å². The van der Waals surface area contributed by atoms with Gasteiger partial charge >= 0.3 is 0 Å². The average Bonchev–Trinajstić information content (AvgIpc) is 3.43. The van der Waals surface area contributed by atoms with Gasteiger partial charge in [-0.1, -0.05) is 12.1 Å². The standard InChI is InChI=1S/C20H23N5O2S/c1-24-12-15(10-21-24)17-13-28-20(22-17)23-19(26)18-7-4-8-25(18)11-14-5-3-6-16(9-14)27-2/h3,5-6,9-10,12-13,18H,4,7-8,11H2,1-2H3,(H,22,23,26)/t18-/m1/s1. The van der Waals surface area contributed by atoms with Gasteiger partial charge in [-0.3, -0.25) is 14.4 Å². The average molecular weight is 398 g/mol. The van der Waals surface area contributed by atoms with Crippen molar-refractivity contribution in [2.24, 2.45) is 7.05 Å². The number of aryl methyl sites for hydroxylation is 1. The zero-order chi connectivity index (χ0) is 19.5. The molecule has 3 heterocycles. The summed E-state index contributed by atoms with van der Waals surface area (Å²) >= 11 is 1.44. The van der Waals surface area contributed by atoms with Gasteiger partial charge in [0.2, 0.25) is 5.91 Å². The number of nitrogens with zero attached hydrogens (tertiary/aromatic N) is 4. The molecular weight excluding hydrogens is 374 g/mol. The number of likely N-dealkylation sites (tertiary alicyclic amines) is 1. The van der Waals surface area contributed by atoms with E-state index in [0.717, 1.165) is 48.5 Å².